The summed E-state index contributed by atoms with van der Waals surface area (Å²) in [5.41, 5.74) is 11.6. The van der Waals surface area contributed by atoms with Gasteiger partial charge in [0.15, 0.2) is 0 Å². The van der Waals surface area contributed by atoms with Gasteiger partial charge in [-0.15, -0.1) is 0 Å². The van der Waals surface area contributed by atoms with E-state index in [4.69, 9.17) is 16.2 Å². The fourth-order valence-corrected chi connectivity index (χ4v) is 2.78. The molecule has 0 aromatic carbocycles. The Bertz CT molecular complexity index is 316. The average molecular weight is 357 g/mol. The molecule has 0 radical (unpaired) electrons. The van der Waals surface area contributed by atoms with E-state index >= 15 is 0 Å². The molecule has 0 aliphatic carbocycles. The van der Waals surface area contributed by atoms with Crippen molar-refractivity contribution in [1.29, 1.82) is 0 Å². The summed E-state index contributed by atoms with van der Waals surface area (Å²) in [6.45, 7) is 4.36. The molecule has 0 saturated carbocycles. The van der Waals surface area contributed by atoms with Gasteiger partial charge in [0.2, 0.25) is 0 Å². The van der Waals surface area contributed by atoms with Crippen molar-refractivity contribution in [3.05, 3.63) is 0 Å². The Morgan fingerprint density at radius 3 is 1.32 bits per heavy atom. The number of esters is 2. The highest BCUT2D eigenvalue weighted by Gasteiger charge is 2.22. The maximum atomic E-state index is 11.8. The molecule has 0 aliphatic heterocycles. The van der Waals surface area contributed by atoms with Crippen LogP contribution in [0.1, 0.15) is 104 Å². The third kappa shape index (κ3) is 14.0. The standard InChI is InChI=1S/C20H40N2O3/c1-3-5-7-9-11-13-15-17(21)19(23)25-20(24)18(22)16-14-12-10-8-6-4-2/h17-18H,3-16,21-22H2,1-2H3. The lowest BCUT2D eigenvalue weighted by Crippen LogP contribution is -2.39. The summed E-state index contributed by atoms with van der Waals surface area (Å²) in [6, 6.07) is -1.45. The largest absolute Gasteiger partial charge is 0.391 e. The molecule has 0 spiro atoms. The van der Waals surface area contributed by atoms with Crippen molar-refractivity contribution in [2.75, 3.05) is 0 Å². The van der Waals surface area contributed by atoms with Crippen molar-refractivity contribution in [2.24, 2.45) is 11.5 Å². The fraction of sp³-hybridized carbons (Fsp3) is 0.900. The molecular weight excluding hydrogens is 316 g/mol. The predicted octanol–water partition coefficient (Wildman–Crippen LogP) is 4.21. The van der Waals surface area contributed by atoms with Gasteiger partial charge in [-0.2, -0.15) is 0 Å². The summed E-state index contributed by atoms with van der Waals surface area (Å²) in [6.07, 6.45) is 14.7. The van der Waals surface area contributed by atoms with Crippen molar-refractivity contribution in [3.8, 4) is 0 Å². The quantitative estimate of drug-likeness (QED) is 0.245. The average Bonchev–Trinajstić information content (AvgIpc) is 2.60. The van der Waals surface area contributed by atoms with E-state index in [0.29, 0.717) is 12.8 Å². The zero-order chi connectivity index (χ0) is 18.9. The van der Waals surface area contributed by atoms with E-state index in [1.54, 1.807) is 0 Å². The second kappa shape index (κ2) is 16.5. The first-order valence-electron chi connectivity index (χ1n) is 10.3. The molecule has 0 saturated heterocycles. The van der Waals surface area contributed by atoms with E-state index in [1.807, 2.05) is 0 Å². The lowest BCUT2D eigenvalue weighted by Gasteiger charge is -2.13. The van der Waals surface area contributed by atoms with E-state index in [-0.39, 0.29) is 0 Å². The third-order valence-electron chi connectivity index (χ3n) is 4.54. The van der Waals surface area contributed by atoms with Gasteiger partial charge in [0, 0.05) is 0 Å². The molecule has 0 rings (SSSR count). The number of hydrogen-bond acceptors (Lipinski definition) is 5. The zero-order valence-corrected chi connectivity index (χ0v) is 16.4. The van der Waals surface area contributed by atoms with E-state index in [9.17, 15) is 9.59 Å². The molecule has 5 heteroatoms. The van der Waals surface area contributed by atoms with Gasteiger partial charge in [-0.1, -0.05) is 90.9 Å². The molecule has 0 heterocycles. The molecule has 0 fully saturated rings. The molecule has 0 aromatic heterocycles. The van der Waals surface area contributed by atoms with Gasteiger partial charge in [0.25, 0.3) is 0 Å². The molecule has 0 bridgehead atoms. The minimum Gasteiger partial charge on any atom is -0.391 e. The maximum absolute atomic E-state index is 11.8. The fourth-order valence-electron chi connectivity index (χ4n) is 2.78. The highest BCUT2D eigenvalue weighted by atomic mass is 16.6. The molecule has 2 unspecified atom stereocenters. The van der Waals surface area contributed by atoms with Gasteiger partial charge >= 0.3 is 11.9 Å². The summed E-state index contributed by atoms with van der Waals surface area (Å²) >= 11 is 0. The smallest absolute Gasteiger partial charge is 0.330 e. The Morgan fingerprint density at radius 2 is 0.960 bits per heavy atom. The summed E-state index contributed by atoms with van der Waals surface area (Å²) in [5.74, 6) is -1.28. The number of nitrogens with two attached hydrogens (primary N) is 2. The number of unbranched alkanes of at least 4 members (excludes halogenated alkanes) is 10. The first-order chi connectivity index (χ1) is 12.0. The molecule has 5 nitrogen and oxygen atoms in total. The second-order valence-corrected chi connectivity index (χ2v) is 7.07. The van der Waals surface area contributed by atoms with Crippen molar-refractivity contribution >= 4 is 11.9 Å². The van der Waals surface area contributed by atoms with Gasteiger partial charge in [-0.3, -0.25) is 0 Å². The summed E-state index contributed by atoms with van der Waals surface area (Å²) < 4.78 is 4.84. The van der Waals surface area contributed by atoms with Crippen LogP contribution >= 0.6 is 0 Å². The normalized spacial score (nSPS) is 13.4. The maximum Gasteiger partial charge on any atom is 0.330 e. The van der Waals surface area contributed by atoms with Crippen LogP contribution in [0.3, 0.4) is 0 Å². The van der Waals surface area contributed by atoms with Crippen LogP contribution < -0.4 is 11.5 Å². The minimum absolute atomic E-state index is 0.560. The Balaban J connectivity index is 3.77. The number of carbonyl (C=O) groups excluding carboxylic acids is 2. The van der Waals surface area contributed by atoms with Crippen LogP contribution in [0, 0.1) is 0 Å². The molecular formula is C20H40N2O3. The highest BCUT2D eigenvalue weighted by molar-refractivity contribution is 5.90. The third-order valence-corrected chi connectivity index (χ3v) is 4.54. The highest BCUT2D eigenvalue weighted by Crippen LogP contribution is 2.10. The molecule has 0 amide bonds. The van der Waals surface area contributed by atoms with E-state index in [2.05, 4.69) is 13.8 Å². The summed E-state index contributed by atoms with van der Waals surface area (Å²) in [5, 5.41) is 0. The molecule has 2 atom stereocenters. The Morgan fingerprint density at radius 1 is 0.640 bits per heavy atom. The van der Waals surface area contributed by atoms with Crippen molar-refractivity contribution in [1.82, 2.24) is 0 Å². The van der Waals surface area contributed by atoms with Crippen LogP contribution in [0.5, 0.6) is 0 Å². The Labute approximate surface area is 154 Å². The van der Waals surface area contributed by atoms with E-state index in [0.717, 1.165) is 38.5 Å². The molecule has 0 aliphatic rings. The van der Waals surface area contributed by atoms with Gasteiger partial charge in [-0.25, -0.2) is 9.59 Å². The number of hydrogen-bond donors (Lipinski definition) is 2. The molecule has 0 aromatic rings. The van der Waals surface area contributed by atoms with Crippen LogP contribution in [0.25, 0.3) is 0 Å². The topological polar surface area (TPSA) is 95.4 Å². The van der Waals surface area contributed by atoms with Crippen LogP contribution in [0.4, 0.5) is 0 Å². The zero-order valence-electron chi connectivity index (χ0n) is 16.4. The SMILES string of the molecule is CCCCCCCCC(N)C(=O)OC(=O)C(N)CCCCCCCC. The van der Waals surface area contributed by atoms with Gasteiger partial charge in [0.05, 0.1) is 0 Å². The summed E-state index contributed by atoms with van der Waals surface area (Å²) in [4.78, 5) is 23.7. The predicted molar refractivity (Wildman–Crippen MR) is 103 cm³/mol. The van der Waals surface area contributed by atoms with Gasteiger partial charge in [0.1, 0.15) is 12.1 Å². The Kier molecular flexibility index (Phi) is 15.9. The van der Waals surface area contributed by atoms with E-state index < -0.39 is 24.0 Å². The number of rotatable bonds is 16. The first kappa shape index (κ1) is 24.1. The lowest BCUT2D eigenvalue weighted by molar-refractivity contribution is -0.161. The summed E-state index contributed by atoms with van der Waals surface area (Å²) in [7, 11) is 0. The van der Waals surface area contributed by atoms with Crippen molar-refractivity contribution in [3.63, 3.8) is 0 Å². The van der Waals surface area contributed by atoms with Crippen molar-refractivity contribution < 1.29 is 14.3 Å². The van der Waals surface area contributed by atoms with Crippen molar-refractivity contribution in [2.45, 2.75) is 116 Å². The van der Waals surface area contributed by atoms with Gasteiger partial charge in [-0.05, 0) is 12.8 Å². The number of carbonyl (C=O) groups is 2. The monoisotopic (exact) mass is 356 g/mol. The second-order valence-electron chi connectivity index (χ2n) is 7.07. The first-order valence-corrected chi connectivity index (χ1v) is 10.3. The van der Waals surface area contributed by atoms with Crippen LogP contribution in [-0.4, -0.2) is 24.0 Å². The van der Waals surface area contributed by atoms with Crippen LogP contribution in [-0.2, 0) is 14.3 Å². The van der Waals surface area contributed by atoms with E-state index in [1.165, 1.54) is 38.5 Å². The number of ether oxygens (including phenoxy) is 1. The van der Waals surface area contributed by atoms with Gasteiger partial charge < -0.3 is 16.2 Å². The minimum atomic E-state index is -0.726. The van der Waals surface area contributed by atoms with Crippen LogP contribution in [0.15, 0.2) is 0 Å². The molecule has 25 heavy (non-hydrogen) atoms. The Hall–Kier alpha value is -0.940. The molecule has 148 valence electrons. The van der Waals surface area contributed by atoms with Crippen LogP contribution in [0.2, 0.25) is 0 Å². The molecule has 4 N–H and O–H groups in total. The lowest BCUT2D eigenvalue weighted by atomic mass is 10.1.